The molecule has 20 nitrogen and oxygen atoms in total. The topological polar surface area (TPSA) is 246 Å². The number of aliphatic hydroxyl groups is 1. The Morgan fingerprint density at radius 1 is 0.797 bits per heavy atom. The number of amides is 5. The fourth-order valence-corrected chi connectivity index (χ4v) is 11.7. The van der Waals surface area contributed by atoms with Crippen LogP contribution < -0.4 is 30.2 Å². The molecule has 11 rings (SSSR count). The first-order chi connectivity index (χ1) is 38.4. The number of benzene rings is 6. The lowest BCUT2D eigenvalue weighted by molar-refractivity contribution is -0.384. The van der Waals surface area contributed by atoms with Gasteiger partial charge in [-0.3, -0.25) is 34.3 Å². The molecule has 3 fully saturated rings. The number of non-ortho nitro benzene ring substituents is 1. The number of fused-ring (bicyclic) bond motifs is 4. The first-order valence-corrected chi connectivity index (χ1v) is 25.7. The summed E-state index contributed by atoms with van der Waals surface area (Å²) in [4.78, 5) is 93.4. The van der Waals surface area contributed by atoms with Gasteiger partial charge < -0.3 is 44.7 Å². The minimum absolute atomic E-state index is 0.0487. The van der Waals surface area contributed by atoms with Crippen molar-refractivity contribution in [3.63, 3.8) is 0 Å². The van der Waals surface area contributed by atoms with Crippen molar-refractivity contribution < 1.29 is 57.7 Å². The maximum atomic E-state index is 16.8. The highest BCUT2D eigenvalue weighted by Gasteiger charge is 2.76. The van der Waals surface area contributed by atoms with E-state index in [-0.39, 0.29) is 56.6 Å². The molecule has 6 aromatic rings. The Hall–Kier alpha value is -9.29. The number of morpholine rings is 1. The zero-order valence-electron chi connectivity index (χ0n) is 42.5. The number of imide groups is 1. The number of anilines is 1. The lowest BCUT2D eigenvalue weighted by Gasteiger charge is -2.46. The second-order valence-corrected chi connectivity index (χ2v) is 19.6. The molecule has 1 spiro atoms. The SMILES string of the molecule is NC(=O)NCC#Cc1ccc2c(c1)[C@]1(C(=O)N2C(=O)OCc2ccc([N+](=O)[O-])cc2)[C@H](C(=O)N2CCN(Cc3ccc4c(c3)OCO4)CC2)[C@H]2C(=O)O[C@H](c3ccccc3)[C@H](c3ccccc3)N2[C@@H]1c1cccc(OCCO)c1. The number of nitrogens with two attached hydrogens (primary N) is 1. The van der Waals surface area contributed by atoms with Gasteiger partial charge in [-0.25, -0.2) is 14.5 Å². The van der Waals surface area contributed by atoms with Crippen molar-refractivity contribution in [3.8, 4) is 29.1 Å². The molecule has 79 heavy (non-hydrogen) atoms. The van der Waals surface area contributed by atoms with Gasteiger partial charge in [-0.05, 0) is 88.0 Å². The standard InChI is InChI=1S/C59H53N7O13/c60-57(71)61-24-8-9-37-18-22-46-45(31-37)59(56(70)64(46)58(72)76-35-38-16-20-43(21-17-38)66(73)74)49(54(68)63-27-25-62(26-28-63)34-39-19-23-47-48(32-39)78-36-77-47)51-55(69)79-52(41-12-5-2-6-13-41)50(40-10-3-1-4-11-40)65(51)53(59)42-14-7-15-44(33-42)75-30-29-67/h1-7,10-23,31-33,49-53,67H,24-30,34-36H2,(H3,60,61,71)/t49-,50-,51-,52+,53+,59-/m0/s1. The van der Waals surface area contributed by atoms with Crippen molar-refractivity contribution in [1.82, 2.24) is 20.0 Å². The van der Waals surface area contributed by atoms with E-state index in [1.54, 1.807) is 41.3 Å². The second-order valence-electron chi connectivity index (χ2n) is 19.6. The third-order valence-corrected chi connectivity index (χ3v) is 15.1. The van der Waals surface area contributed by atoms with E-state index in [0.717, 1.165) is 10.5 Å². The summed E-state index contributed by atoms with van der Waals surface area (Å²) in [6.45, 7) is 0.969. The van der Waals surface area contributed by atoms with E-state index in [4.69, 9.17) is 29.4 Å². The smallest absolute Gasteiger partial charge is 0.421 e. The van der Waals surface area contributed by atoms with Crippen LogP contribution in [0, 0.1) is 27.9 Å². The summed E-state index contributed by atoms with van der Waals surface area (Å²) in [5, 5.41) is 23.9. The van der Waals surface area contributed by atoms with E-state index in [0.29, 0.717) is 64.7 Å². The Labute approximate surface area is 453 Å². The molecule has 6 aromatic carbocycles. The number of esters is 1. The van der Waals surface area contributed by atoms with Crippen LogP contribution in [0.2, 0.25) is 0 Å². The number of nitro groups is 1. The number of primary amides is 1. The Bertz CT molecular complexity index is 3400. The highest BCUT2D eigenvalue weighted by Crippen LogP contribution is 2.66. The van der Waals surface area contributed by atoms with Gasteiger partial charge in [0, 0.05) is 50.4 Å². The molecule has 0 aromatic heterocycles. The summed E-state index contributed by atoms with van der Waals surface area (Å²) in [7, 11) is 0. The van der Waals surface area contributed by atoms with E-state index < -0.39 is 77.0 Å². The maximum absolute atomic E-state index is 16.8. The first kappa shape index (κ1) is 51.8. The third-order valence-electron chi connectivity index (χ3n) is 15.1. The van der Waals surface area contributed by atoms with Crippen LogP contribution in [0.4, 0.5) is 21.0 Å². The highest BCUT2D eigenvalue weighted by molar-refractivity contribution is 6.23. The minimum Gasteiger partial charge on any atom is -0.491 e. The average molecular weight is 1070 g/mol. The minimum atomic E-state index is -2.18. The number of cyclic esters (lactones) is 1. The van der Waals surface area contributed by atoms with Gasteiger partial charge in [0.25, 0.3) is 5.69 Å². The van der Waals surface area contributed by atoms with Crippen LogP contribution in [0.15, 0.2) is 146 Å². The van der Waals surface area contributed by atoms with Crippen molar-refractivity contribution in [3.05, 3.63) is 195 Å². The van der Waals surface area contributed by atoms with Crippen LogP contribution in [-0.4, -0.2) is 113 Å². The number of nitro benzene ring substituents is 1. The molecular weight excluding hydrogens is 1010 g/mol. The van der Waals surface area contributed by atoms with Crippen molar-refractivity contribution >= 4 is 41.3 Å². The summed E-state index contributed by atoms with van der Waals surface area (Å²) < 4.78 is 29.8. The molecule has 0 radical (unpaired) electrons. The van der Waals surface area contributed by atoms with Crippen LogP contribution in [0.5, 0.6) is 17.2 Å². The predicted molar refractivity (Wildman–Crippen MR) is 283 cm³/mol. The van der Waals surface area contributed by atoms with Gasteiger partial charge in [0.15, 0.2) is 11.5 Å². The normalized spacial score (nSPS) is 22.1. The number of hydrogen-bond donors (Lipinski definition) is 3. The number of nitrogens with one attached hydrogen (secondary N) is 1. The van der Waals surface area contributed by atoms with Crippen LogP contribution >= 0.6 is 0 Å². The van der Waals surface area contributed by atoms with Gasteiger partial charge in [0.2, 0.25) is 18.6 Å². The van der Waals surface area contributed by atoms with Crippen LogP contribution in [0.1, 0.15) is 57.1 Å². The number of rotatable bonds is 13. The molecule has 402 valence electrons. The van der Waals surface area contributed by atoms with Gasteiger partial charge >= 0.3 is 18.1 Å². The summed E-state index contributed by atoms with van der Waals surface area (Å²) >= 11 is 0. The highest BCUT2D eigenvalue weighted by atomic mass is 16.7. The van der Waals surface area contributed by atoms with Crippen molar-refractivity contribution in [2.45, 2.75) is 42.8 Å². The number of carbonyl (C=O) groups is 5. The zero-order chi connectivity index (χ0) is 54.8. The molecule has 0 saturated carbocycles. The third kappa shape index (κ3) is 9.79. The van der Waals surface area contributed by atoms with Gasteiger partial charge in [0.05, 0.1) is 41.8 Å². The van der Waals surface area contributed by atoms with Gasteiger partial charge in [-0.2, -0.15) is 0 Å². The number of ether oxygens (including phenoxy) is 5. The summed E-state index contributed by atoms with van der Waals surface area (Å²) in [6.07, 6.45) is -2.12. The molecule has 6 atom stereocenters. The quantitative estimate of drug-likeness (QED) is 0.0515. The molecule has 5 aliphatic rings. The number of carbonyl (C=O) groups excluding carboxylic acids is 5. The number of urea groups is 1. The van der Waals surface area contributed by atoms with E-state index in [2.05, 4.69) is 22.1 Å². The van der Waals surface area contributed by atoms with Crippen molar-refractivity contribution in [1.29, 1.82) is 0 Å². The van der Waals surface area contributed by atoms with E-state index >= 15 is 19.2 Å². The molecule has 4 N–H and O–H groups in total. The Morgan fingerprint density at radius 2 is 1.51 bits per heavy atom. The molecule has 0 aliphatic carbocycles. The van der Waals surface area contributed by atoms with Gasteiger partial charge in [0.1, 0.15) is 36.5 Å². The van der Waals surface area contributed by atoms with Crippen molar-refractivity contribution in [2.75, 3.05) is 57.6 Å². The summed E-state index contributed by atoms with van der Waals surface area (Å²) in [5.41, 5.74) is 6.68. The van der Waals surface area contributed by atoms with E-state index in [9.17, 15) is 20.0 Å². The number of nitrogens with zero attached hydrogens (tertiary/aromatic N) is 5. The Balaban J connectivity index is 1.11. The van der Waals surface area contributed by atoms with E-state index in [1.807, 2.05) is 83.8 Å². The second kappa shape index (κ2) is 22.0. The maximum Gasteiger partial charge on any atom is 0.421 e. The van der Waals surface area contributed by atoms with Gasteiger partial charge in [-0.15, -0.1) is 0 Å². The number of hydrogen-bond acceptors (Lipinski definition) is 15. The molecule has 0 bridgehead atoms. The number of piperazine rings is 1. The molecule has 3 saturated heterocycles. The number of aliphatic hydroxyl groups excluding tert-OH is 1. The molecule has 0 unspecified atom stereocenters. The monoisotopic (exact) mass is 1070 g/mol. The summed E-state index contributed by atoms with van der Waals surface area (Å²) in [5.74, 6) is 3.74. The zero-order valence-corrected chi connectivity index (χ0v) is 42.5. The lowest BCUT2D eigenvalue weighted by atomic mass is 9.64. The first-order valence-electron chi connectivity index (χ1n) is 25.7. The molecule has 20 heteroatoms. The lowest BCUT2D eigenvalue weighted by Crippen LogP contribution is -2.59. The predicted octanol–water partition coefficient (Wildman–Crippen LogP) is 6.06. The van der Waals surface area contributed by atoms with Crippen molar-refractivity contribution in [2.24, 2.45) is 11.7 Å². The molecule has 5 heterocycles. The fourth-order valence-electron chi connectivity index (χ4n) is 11.7. The molecule has 5 amide bonds. The van der Waals surface area contributed by atoms with Crippen LogP contribution in [-0.2, 0) is 42.4 Å². The molecular formula is C59H53N7O13. The Morgan fingerprint density at radius 3 is 2.23 bits per heavy atom. The van der Waals surface area contributed by atoms with Crippen LogP contribution in [0.3, 0.4) is 0 Å². The van der Waals surface area contributed by atoms with Gasteiger partial charge in [-0.1, -0.05) is 90.7 Å². The Kier molecular flexibility index (Phi) is 14.4. The van der Waals surface area contributed by atoms with Crippen LogP contribution in [0.25, 0.3) is 0 Å². The fraction of sp³-hybridized carbons (Fsp3) is 0.271. The van der Waals surface area contributed by atoms with E-state index in [1.165, 1.54) is 30.3 Å². The molecule has 5 aliphatic heterocycles. The summed E-state index contributed by atoms with van der Waals surface area (Å²) in [6, 6.07) is 36.9. The average Bonchev–Trinajstić information content (AvgIpc) is 4.35. The largest absolute Gasteiger partial charge is 0.491 e.